The first kappa shape index (κ1) is 22.6. The van der Waals surface area contributed by atoms with Gasteiger partial charge >= 0.3 is 0 Å². The Balaban J connectivity index is 0.00000280. The molecule has 0 bridgehead atoms. The largest absolute Gasteiger partial charge is 0.444 e. The van der Waals surface area contributed by atoms with Crippen molar-refractivity contribution in [1.29, 1.82) is 0 Å². The molecule has 0 saturated carbocycles. The molecule has 0 atom stereocenters. The highest BCUT2D eigenvalue weighted by Crippen LogP contribution is 2.18. The number of guanidine groups is 1. The lowest BCUT2D eigenvalue weighted by Gasteiger charge is -2.26. The number of aliphatic imine (C=N–C) groups is 1. The lowest BCUT2D eigenvalue weighted by atomic mass is 10.1. The predicted molar refractivity (Wildman–Crippen MR) is 121 cm³/mol. The van der Waals surface area contributed by atoms with Crippen LogP contribution in [-0.4, -0.2) is 55.6 Å². The Bertz CT molecular complexity index is 728. The molecule has 0 spiro atoms. The van der Waals surface area contributed by atoms with Gasteiger partial charge in [-0.1, -0.05) is 6.42 Å². The van der Waals surface area contributed by atoms with Crippen molar-refractivity contribution in [3.63, 3.8) is 0 Å². The summed E-state index contributed by atoms with van der Waals surface area (Å²) in [6.07, 6.45) is 6.34. The van der Waals surface area contributed by atoms with E-state index in [4.69, 9.17) is 4.42 Å². The SMILES string of the molecule is CN=C(NCCc1coc(-c2ccc(F)cc2)n1)NCCN1CCCCC1.I. The fourth-order valence-electron chi connectivity index (χ4n) is 3.19. The number of hydrogen-bond donors (Lipinski definition) is 2. The minimum atomic E-state index is -0.270. The Labute approximate surface area is 183 Å². The summed E-state index contributed by atoms with van der Waals surface area (Å²) in [5, 5.41) is 6.66. The maximum Gasteiger partial charge on any atom is 0.226 e. The molecular weight excluding hydrogens is 472 g/mol. The van der Waals surface area contributed by atoms with E-state index < -0.39 is 0 Å². The third-order valence-corrected chi connectivity index (χ3v) is 4.71. The van der Waals surface area contributed by atoms with Gasteiger partial charge in [0.25, 0.3) is 0 Å². The summed E-state index contributed by atoms with van der Waals surface area (Å²) in [7, 11) is 1.78. The van der Waals surface area contributed by atoms with E-state index in [9.17, 15) is 4.39 Å². The molecule has 1 aliphatic rings. The number of aromatic nitrogens is 1. The summed E-state index contributed by atoms with van der Waals surface area (Å²) in [4.78, 5) is 11.2. The van der Waals surface area contributed by atoms with Crippen LogP contribution in [0.4, 0.5) is 4.39 Å². The van der Waals surface area contributed by atoms with E-state index in [1.54, 1.807) is 25.4 Å². The maximum atomic E-state index is 13.0. The highest BCUT2D eigenvalue weighted by atomic mass is 127. The molecule has 2 heterocycles. The molecule has 8 heteroatoms. The molecule has 1 aromatic heterocycles. The van der Waals surface area contributed by atoms with Gasteiger partial charge in [-0.3, -0.25) is 4.99 Å². The first-order valence-electron chi connectivity index (χ1n) is 9.62. The summed E-state index contributed by atoms with van der Waals surface area (Å²) in [5.74, 6) is 1.04. The van der Waals surface area contributed by atoms with E-state index >= 15 is 0 Å². The number of rotatable bonds is 7. The average Bonchev–Trinajstić information content (AvgIpc) is 3.17. The molecule has 0 amide bonds. The molecule has 2 N–H and O–H groups in total. The van der Waals surface area contributed by atoms with E-state index in [0.717, 1.165) is 36.7 Å². The molecule has 2 aromatic rings. The molecule has 0 aliphatic carbocycles. The lowest BCUT2D eigenvalue weighted by molar-refractivity contribution is 0.232. The fourth-order valence-corrected chi connectivity index (χ4v) is 3.19. The van der Waals surface area contributed by atoms with Gasteiger partial charge in [0.2, 0.25) is 5.89 Å². The van der Waals surface area contributed by atoms with Gasteiger partial charge in [0.1, 0.15) is 12.1 Å². The second-order valence-electron chi connectivity index (χ2n) is 6.73. The number of halogens is 2. The Hall–Kier alpha value is -1.68. The molecule has 28 heavy (non-hydrogen) atoms. The van der Waals surface area contributed by atoms with Crippen molar-refractivity contribution in [3.05, 3.63) is 42.0 Å². The highest BCUT2D eigenvalue weighted by Gasteiger charge is 2.10. The van der Waals surface area contributed by atoms with Gasteiger partial charge in [0, 0.05) is 38.7 Å². The zero-order chi connectivity index (χ0) is 18.9. The van der Waals surface area contributed by atoms with E-state index in [2.05, 4.69) is 25.5 Å². The Morgan fingerprint density at radius 3 is 2.57 bits per heavy atom. The van der Waals surface area contributed by atoms with Crippen LogP contribution in [0, 0.1) is 5.82 Å². The van der Waals surface area contributed by atoms with Crippen LogP contribution in [0.5, 0.6) is 0 Å². The van der Waals surface area contributed by atoms with E-state index in [1.165, 1.54) is 44.5 Å². The summed E-state index contributed by atoms with van der Waals surface area (Å²) in [6.45, 7) is 5.05. The number of piperidine rings is 1. The minimum absolute atomic E-state index is 0. The number of nitrogens with zero attached hydrogens (tertiary/aromatic N) is 3. The molecule has 1 aromatic carbocycles. The van der Waals surface area contributed by atoms with Crippen LogP contribution in [0.15, 0.2) is 39.9 Å². The van der Waals surface area contributed by atoms with E-state index in [-0.39, 0.29) is 29.8 Å². The predicted octanol–water partition coefficient (Wildman–Crippen LogP) is 3.29. The van der Waals surface area contributed by atoms with Crippen molar-refractivity contribution in [2.75, 3.05) is 39.8 Å². The Kier molecular flexibility index (Phi) is 9.69. The number of nitrogens with one attached hydrogen (secondary N) is 2. The standard InChI is InChI=1S/C20H28FN5O.HI/c1-22-20(24-11-14-26-12-3-2-4-13-26)23-10-9-18-15-27-19(25-18)16-5-7-17(21)8-6-16;/h5-8,15H,2-4,9-14H2,1H3,(H2,22,23,24);1H. The summed E-state index contributed by atoms with van der Waals surface area (Å²) in [6, 6.07) is 6.13. The molecular formula is C20H29FIN5O. The molecule has 1 saturated heterocycles. The number of likely N-dealkylation sites (tertiary alicyclic amines) is 1. The van der Waals surface area contributed by atoms with Crippen molar-refractivity contribution in [1.82, 2.24) is 20.5 Å². The number of benzene rings is 1. The first-order chi connectivity index (χ1) is 13.2. The molecule has 0 radical (unpaired) electrons. The van der Waals surface area contributed by atoms with Crippen LogP contribution in [-0.2, 0) is 6.42 Å². The molecule has 0 unspecified atom stereocenters. The van der Waals surface area contributed by atoms with Crippen LogP contribution in [0.2, 0.25) is 0 Å². The van der Waals surface area contributed by atoms with Gasteiger partial charge in [-0.25, -0.2) is 9.37 Å². The summed E-state index contributed by atoms with van der Waals surface area (Å²) in [5.41, 5.74) is 1.62. The van der Waals surface area contributed by atoms with Gasteiger partial charge in [-0.05, 0) is 50.2 Å². The Morgan fingerprint density at radius 2 is 1.86 bits per heavy atom. The molecule has 3 rings (SSSR count). The van der Waals surface area contributed by atoms with Crippen molar-refractivity contribution in [2.45, 2.75) is 25.7 Å². The van der Waals surface area contributed by atoms with Crippen LogP contribution >= 0.6 is 24.0 Å². The van der Waals surface area contributed by atoms with Crippen molar-refractivity contribution in [3.8, 4) is 11.5 Å². The van der Waals surface area contributed by atoms with Gasteiger partial charge < -0.3 is 20.0 Å². The molecule has 154 valence electrons. The second-order valence-corrected chi connectivity index (χ2v) is 6.73. The fraction of sp³-hybridized carbons (Fsp3) is 0.500. The van der Waals surface area contributed by atoms with Crippen LogP contribution < -0.4 is 10.6 Å². The van der Waals surface area contributed by atoms with E-state index in [1.807, 2.05) is 0 Å². The van der Waals surface area contributed by atoms with Crippen molar-refractivity contribution in [2.24, 2.45) is 4.99 Å². The van der Waals surface area contributed by atoms with Crippen LogP contribution in [0.1, 0.15) is 25.0 Å². The monoisotopic (exact) mass is 501 g/mol. The van der Waals surface area contributed by atoms with Gasteiger partial charge in [0.15, 0.2) is 5.96 Å². The van der Waals surface area contributed by atoms with Crippen molar-refractivity contribution < 1.29 is 8.81 Å². The normalized spacial score (nSPS) is 15.1. The average molecular weight is 501 g/mol. The van der Waals surface area contributed by atoms with E-state index in [0.29, 0.717) is 12.4 Å². The third kappa shape index (κ3) is 7.05. The Morgan fingerprint density at radius 1 is 1.14 bits per heavy atom. The molecule has 1 fully saturated rings. The molecule has 1 aliphatic heterocycles. The zero-order valence-corrected chi connectivity index (χ0v) is 18.6. The maximum absolute atomic E-state index is 13.0. The van der Waals surface area contributed by atoms with Gasteiger partial charge in [-0.15, -0.1) is 24.0 Å². The van der Waals surface area contributed by atoms with Crippen LogP contribution in [0.25, 0.3) is 11.5 Å². The van der Waals surface area contributed by atoms with Crippen LogP contribution in [0.3, 0.4) is 0 Å². The summed E-state index contributed by atoms with van der Waals surface area (Å²) >= 11 is 0. The minimum Gasteiger partial charge on any atom is -0.444 e. The highest BCUT2D eigenvalue weighted by molar-refractivity contribution is 14.0. The van der Waals surface area contributed by atoms with Crippen molar-refractivity contribution >= 4 is 29.9 Å². The second kappa shape index (κ2) is 12.0. The first-order valence-corrected chi connectivity index (χ1v) is 9.62. The smallest absolute Gasteiger partial charge is 0.226 e. The number of oxazole rings is 1. The third-order valence-electron chi connectivity index (χ3n) is 4.71. The zero-order valence-electron chi connectivity index (χ0n) is 16.3. The van der Waals surface area contributed by atoms with Gasteiger partial charge in [-0.2, -0.15) is 0 Å². The quantitative estimate of drug-likeness (QED) is 0.347. The number of hydrogen-bond acceptors (Lipinski definition) is 4. The molecule has 6 nitrogen and oxygen atoms in total. The lowest BCUT2D eigenvalue weighted by Crippen LogP contribution is -2.43. The van der Waals surface area contributed by atoms with Gasteiger partial charge in [0.05, 0.1) is 5.69 Å². The summed E-state index contributed by atoms with van der Waals surface area (Å²) < 4.78 is 18.5. The topological polar surface area (TPSA) is 65.7 Å².